The summed E-state index contributed by atoms with van der Waals surface area (Å²) in [5, 5.41) is 2.77. The van der Waals surface area contributed by atoms with Gasteiger partial charge in [0.15, 0.2) is 0 Å². The minimum Gasteiger partial charge on any atom is -0.485 e. The fourth-order valence-electron chi connectivity index (χ4n) is 4.54. The Morgan fingerprint density at radius 3 is 2.62 bits per heavy atom. The molecule has 2 amide bonds. The molecule has 2 aromatic rings. The Morgan fingerprint density at radius 1 is 1.09 bits per heavy atom. The number of fused-ring (bicyclic) bond motifs is 1. The Bertz CT molecular complexity index is 981. The number of nitrogens with one attached hydrogen (secondary N) is 1. The highest BCUT2D eigenvalue weighted by atomic mass is 19.1. The van der Waals surface area contributed by atoms with Crippen LogP contribution in [-0.2, 0) is 11.3 Å². The number of likely N-dealkylation sites (tertiary alicyclic amines) is 1. The minimum atomic E-state index is -0.719. The normalized spacial score (nSPS) is 22.3. The molecule has 0 bridgehead atoms. The molecule has 1 fully saturated rings. The van der Waals surface area contributed by atoms with Crippen LogP contribution in [0, 0.1) is 5.82 Å². The van der Waals surface area contributed by atoms with Gasteiger partial charge in [-0.1, -0.05) is 18.2 Å². The van der Waals surface area contributed by atoms with Gasteiger partial charge in [-0.3, -0.25) is 9.59 Å². The van der Waals surface area contributed by atoms with Crippen molar-refractivity contribution in [2.45, 2.75) is 44.4 Å². The first kappa shape index (κ1) is 22.3. The lowest BCUT2D eigenvalue weighted by molar-refractivity contribution is -0.136. The first-order chi connectivity index (χ1) is 15.3. The highest BCUT2D eigenvalue weighted by molar-refractivity contribution is 5.97. The molecule has 7 heteroatoms. The van der Waals surface area contributed by atoms with E-state index >= 15 is 0 Å². The van der Waals surface area contributed by atoms with Crippen molar-refractivity contribution >= 4 is 11.8 Å². The van der Waals surface area contributed by atoms with E-state index in [0.29, 0.717) is 18.7 Å². The summed E-state index contributed by atoms with van der Waals surface area (Å²) >= 11 is 0. The van der Waals surface area contributed by atoms with Crippen LogP contribution in [0.3, 0.4) is 0 Å². The van der Waals surface area contributed by atoms with Crippen molar-refractivity contribution in [1.82, 2.24) is 15.1 Å². The molecule has 1 saturated heterocycles. The molecule has 0 radical (unpaired) electrons. The lowest BCUT2D eigenvalue weighted by atomic mass is 9.93. The highest BCUT2D eigenvalue weighted by Crippen LogP contribution is 2.35. The molecular weight excluding hydrogens is 409 g/mol. The minimum absolute atomic E-state index is 0.155. The summed E-state index contributed by atoms with van der Waals surface area (Å²) in [6, 6.07) is 12.4. The maximum atomic E-state index is 13.4. The van der Waals surface area contributed by atoms with E-state index < -0.39 is 23.4 Å². The molecule has 1 N–H and O–H groups in total. The molecular formula is C25H30FN3O3. The van der Waals surface area contributed by atoms with E-state index in [2.05, 4.69) is 17.3 Å². The first-order valence-corrected chi connectivity index (χ1v) is 11.2. The molecule has 1 spiro atoms. The van der Waals surface area contributed by atoms with Gasteiger partial charge in [-0.2, -0.15) is 0 Å². The van der Waals surface area contributed by atoms with E-state index in [1.807, 2.05) is 29.2 Å². The third-order valence-corrected chi connectivity index (χ3v) is 6.40. The van der Waals surface area contributed by atoms with Gasteiger partial charge in [-0.15, -0.1) is 0 Å². The van der Waals surface area contributed by atoms with E-state index in [0.717, 1.165) is 43.7 Å². The Balaban J connectivity index is 1.54. The molecule has 2 aromatic carbocycles. The van der Waals surface area contributed by atoms with Crippen molar-refractivity contribution in [1.29, 1.82) is 0 Å². The standard InChI is InChI=1S/C25H30FN3O3/c1-18(27-23(30)19-8-10-21(26)11-9-19)24(31)29-16-20-6-3-4-7-22(20)32-25(17-29)12-5-14-28(2)15-13-25/h3-4,6-11,18H,5,12-17H2,1-2H3,(H,27,30). The molecule has 2 atom stereocenters. The zero-order chi connectivity index (χ0) is 22.7. The van der Waals surface area contributed by atoms with Crippen molar-refractivity contribution < 1.29 is 18.7 Å². The van der Waals surface area contributed by atoms with Gasteiger partial charge in [0, 0.05) is 30.6 Å². The second kappa shape index (κ2) is 9.28. The van der Waals surface area contributed by atoms with Crippen LogP contribution in [0.1, 0.15) is 42.1 Å². The van der Waals surface area contributed by atoms with E-state index in [1.54, 1.807) is 6.92 Å². The van der Waals surface area contributed by atoms with Gasteiger partial charge in [0.2, 0.25) is 5.91 Å². The molecule has 32 heavy (non-hydrogen) atoms. The number of carbonyl (C=O) groups excluding carboxylic acids is 2. The topological polar surface area (TPSA) is 61.9 Å². The maximum absolute atomic E-state index is 13.4. The number of hydrogen-bond donors (Lipinski definition) is 1. The van der Waals surface area contributed by atoms with Gasteiger partial charge in [0.25, 0.3) is 5.91 Å². The second-order valence-electron chi connectivity index (χ2n) is 8.95. The summed E-state index contributed by atoms with van der Waals surface area (Å²) in [7, 11) is 2.11. The molecule has 170 valence electrons. The molecule has 0 aliphatic carbocycles. The van der Waals surface area contributed by atoms with Gasteiger partial charge in [0.05, 0.1) is 6.54 Å². The molecule has 2 heterocycles. The molecule has 4 rings (SSSR count). The monoisotopic (exact) mass is 439 g/mol. The fourth-order valence-corrected chi connectivity index (χ4v) is 4.54. The largest absolute Gasteiger partial charge is 0.485 e. The van der Waals surface area contributed by atoms with Crippen LogP contribution in [0.2, 0.25) is 0 Å². The highest BCUT2D eigenvalue weighted by Gasteiger charge is 2.41. The third-order valence-electron chi connectivity index (χ3n) is 6.40. The number of rotatable bonds is 3. The number of ether oxygens (including phenoxy) is 1. The summed E-state index contributed by atoms with van der Waals surface area (Å²) in [6.07, 6.45) is 2.70. The zero-order valence-electron chi connectivity index (χ0n) is 18.6. The molecule has 0 saturated carbocycles. The van der Waals surface area contributed by atoms with Crippen LogP contribution < -0.4 is 10.1 Å². The van der Waals surface area contributed by atoms with Crippen molar-refractivity contribution in [3.63, 3.8) is 0 Å². The number of carbonyl (C=O) groups is 2. The maximum Gasteiger partial charge on any atom is 0.251 e. The number of halogens is 1. The van der Waals surface area contributed by atoms with Crippen LogP contribution in [0.15, 0.2) is 48.5 Å². The quantitative estimate of drug-likeness (QED) is 0.798. The number of hydrogen-bond acceptors (Lipinski definition) is 4. The van der Waals surface area contributed by atoms with Crippen LogP contribution in [-0.4, -0.2) is 59.9 Å². The summed E-state index contributed by atoms with van der Waals surface area (Å²) in [5.74, 6) is -0.135. The number of benzene rings is 2. The lowest BCUT2D eigenvalue weighted by Crippen LogP contribution is -2.52. The predicted molar refractivity (Wildman–Crippen MR) is 120 cm³/mol. The smallest absolute Gasteiger partial charge is 0.251 e. The van der Waals surface area contributed by atoms with E-state index in [-0.39, 0.29) is 5.91 Å². The van der Waals surface area contributed by atoms with Crippen molar-refractivity contribution in [2.24, 2.45) is 0 Å². The van der Waals surface area contributed by atoms with Crippen molar-refractivity contribution in [2.75, 3.05) is 26.7 Å². The van der Waals surface area contributed by atoms with Gasteiger partial charge in [-0.25, -0.2) is 4.39 Å². The Kier molecular flexibility index (Phi) is 6.46. The van der Waals surface area contributed by atoms with Gasteiger partial charge >= 0.3 is 0 Å². The Hall–Kier alpha value is -2.93. The molecule has 0 aromatic heterocycles. The van der Waals surface area contributed by atoms with Gasteiger partial charge in [-0.05, 0) is 63.7 Å². The van der Waals surface area contributed by atoms with Crippen molar-refractivity contribution in [3.8, 4) is 5.75 Å². The van der Waals surface area contributed by atoms with Gasteiger partial charge < -0.3 is 19.9 Å². The van der Waals surface area contributed by atoms with E-state index in [9.17, 15) is 14.0 Å². The van der Waals surface area contributed by atoms with Gasteiger partial charge in [0.1, 0.15) is 23.2 Å². The van der Waals surface area contributed by atoms with Crippen LogP contribution >= 0.6 is 0 Å². The third kappa shape index (κ3) is 4.93. The van der Waals surface area contributed by atoms with Crippen molar-refractivity contribution in [3.05, 3.63) is 65.5 Å². The average Bonchev–Trinajstić information content (AvgIpc) is 3.06. The first-order valence-electron chi connectivity index (χ1n) is 11.2. The second-order valence-corrected chi connectivity index (χ2v) is 8.95. The SMILES string of the molecule is CC(NC(=O)c1ccc(F)cc1)C(=O)N1Cc2ccccc2OC2(CCCN(C)CC2)C1. The average molecular weight is 440 g/mol. The molecule has 6 nitrogen and oxygen atoms in total. The zero-order valence-corrected chi connectivity index (χ0v) is 18.6. The summed E-state index contributed by atoms with van der Waals surface area (Å²) in [4.78, 5) is 30.1. The summed E-state index contributed by atoms with van der Waals surface area (Å²) in [5.41, 5.74) is 0.833. The number of para-hydroxylation sites is 1. The summed E-state index contributed by atoms with van der Waals surface area (Å²) < 4.78 is 19.8. The molecule has 2 aliphatic heterocycles. The lowest BCUT2D eigenvalue weighted by Gasteiger charge is -2.36. The Morgan fingerprint density at radius 2 is 1.84 bits per heavy atom. The van der Waals surface area contributed by atoms with E-state index in [1.165, 1.54) is 24.3 Å². The van der Waals surface area contributed by atoms with Crippen LogP contribution in [0.25, 0.3) is 0 Å². The van der Waals surface area contributed by atoms with Crippen LogP contribution in [0.5, 0.6) is 5.75 Å². The predicted octanol–water partition coefficient (Wildman–Crippen LogP) is 3.22. The fraction of sp³-hybridized carbons (Fsp3) is 0.440. The number of amides is 2. The Labute approximate surface area is 188 Å². The molecule has 2 aliphatic rings. The molecule has 2 unspecified atom stereocenters. The van der Waals surface area contributed by atoms with Crippen LogP contribution in [0.4, 0.5) is 4.39 Å². The van der Waals surface area contributed by atoms with E-state index in [4.69, 9.17) is 4.74 Å². The summed E-state index contributed by atoms with van der Waals surface area (Å²) in [6.45, 7) is 4.51. The number of nitrogens with zero attached hydrogens (tertiary/aromatic N) is 2.